The first-order valence-electron chi connectivity index (χ1n) is 4.68. The van der Waals surface area contributed by atoms with E-state index >= 15 is 0 Å². The van der Waals surface area contributed by atoms with Gasteiger partial charge in [-0.15, -0.1) is 0 Å². The van der Waals surface area contributed by atoms with E-state index in [0.717, 1.165) is 6.29 Å². The Bertz CT molecular complexity index is 540. The molecule has 2 rings (SSSR count). The minimum atomic E-state index is 0.497. The summed E-state index contributed by atoms with van der Waals surface area (Å²) in [7, 11) is 0. The molecule has 0 aliphatic rings. The predicted octanol–water partition coefficient (Wildman–Crippen LogP) is 2.80. The summed E-state index contributed by atoms with van der Waals surface area (Å²) in [6.45, 7) is 0. The molecule has 0 spiro atoms. The van der Waals surface area contributed by atoms with Gasteiger partial charge in [0.05, 0.1) is 5.69 Å². The van der Waals surface area contributed by atoms with E-state index < -0.39 is 0 Å². The van der Waals surface area contributed by atoms with E-state index in [9.17, 15) is 4.79 Å². The zero-order chi connectivity index (χ0) is 11.5. The van der Waals surface area contributed by atoms with Crippen molar-refractivity contribution in [1.29, 1.82) is 0 Å². The Morgan fingerprint density at radius 2 is 2.12 bits per heavy atom. The molecule has 0 aliphatic heterocycles. The van der Waals surface area contributed by atoms with Gasteiger partial charge in [-0.1, -0.05) is 11.6 Å². The van der Waals surface area contributed by atoms with Crippen molar-refractivity contribution in [3.05, 3.63) is 47.1 Å². The number of nitrogen functional groups attached to an aromatic ring is 1. The molecule has 0 fully saturated rings. The van der Waals surface area contributed by atoms with Crippen LogP contribution in [0.4, 0.5) is 5.69 Å². The first-order valence-corrected chi connectivity index (χ1v) is 5.06. The number of carbonyl (C=O) groups is 1. The fraction of sp³-hybridized carbons (Fsp3) is 0. The zero-order valence-electron chi connectivity index (χ0n) is 8.35. The molecule has 80 valence electrons. The molecule has 16 heavy (non-hydrogen) atoms. The molecule has 0 saturated heterocycles. The Kier molecular flexibility index (Phi) is 2.88. The van der Waals surface area contributed by atoms with Crippen molar-refractivity contribution in [3.8, 4) is 11.3 Å². The number of anilines is 1. The molecular weight excluding hydrogens is 224 g/mol. The molecule has 2 aromatic rings. The minimum absolute atomic E-state index is 0.497. The first kappa shape index (κ1) is 10.6. The van der Waals surface area contributed by atoms with Crippen LogP contribution in [0.2, 0.25) is 5.02 Å². The topological polar surface area (TPSA) is 56.0 Å². The van der Waals surface area contributed by atoms with Crippen LogP contribution in [0.5, 0.6) is 0 Å². The second-order valence-electron chi connectivity index (χ2n) is 3.29. The minimum Gasteiger partial charge on any atom is -0.398 e. The Labute approximate surface area is 97.9 Å². The fourth-order valence-corrected chi connectivity index (χ4v) is 1.64. The van der Waals surface area contributed by atoms with Crippen LogP contribution in [0.3, 0.4) is 0 Å². The van der Waals surface area contributed by atoms with Gasteiger partial charge < -0.3 is 5.73 Å². The van der Waals surface area contributed by atoms with E-state index in [1.165, 1.54) is 0 Å². The van der Waals surface area contributed by atoms with Gasteiger partial charge in [0.1, 0.15) is 0 Å². The summed E-state index contributed by atoms with van der Waals surface area (Å²) in [5.41, 5.74) is 8.10. The summed E-state index contributed by atoms with van der Waals surface area (Å²) in [5.74, 6) is 0. The number of carbonyl (C=O) groups excluding carboxylic acids is 1. The second kappa shape index (κ2) is 4.33. The number of hydrogen-bond donors (Lipinski definition) is 1. The van der Waals surface area contributed by atoms with Gasteiger partial charge in [0.25, 0.3) is 0 Å². The van der Waals surface area contributed by atoms with Crippen LogP contribution in [-0.2, 0) is 0 Å². The molecule has 0 radical (unpaired) electrons. The van der Waals surface area contributed by atoms with Gasteiger partial charge in [0.15, 0.2) is 6.29 Å². The van der Waals surface area contributed by atoms with E-state index in [4.69, 9.17) is 17.3 Å². The lowest BCUT2D eigenvalue weighted by Crippen LogP contribution is -1.95. The third-order valence-corrected chi connectivity index (χ3v) is 2.47. The van der Waals surface area contributed by atoms with Crippen molar-refractivity contribution in [2.45, 2.75) is 0 Å². The van der Waals surface area contributed by atoms with Crippen LogP contribution in [0.1, 0.15) is 10.4 Å². The average molecular weight is 233 g/mol. The summed E-state index contributed by atoms with van der Waals surface area (Å²) < 4.78 is 0. The average Bonchev–Trinajstić information content (AvgIpc) is 2.32. The van der Waals surface area contributed by atoms with Crippen LogP contribution >= 0.6 is 11.6 Å². The number of nitrogens with zero attached hydrogens (tertiary/aromatic N) is 1. The Hall–Kier alpha value is -1.87. The maximum atomic E-state index is 10.9. The van der Waals surface area contributed by atoms with Gasteiger partial charge >= 0.3 is 0 Å². The van der Waals surface area contributed by atoms with Crippen molar-refractivity contribution < 1.29 is 4.79 Å². The molecule has 1 aromatic heterocycles. The van der Waals surface area contributed by atoms with Crippen molar-refractivity contribution >= 4 is 23.6 Å². The molecule has 3 nitrogen and oxygen atoms in total. The van der Waals surface area contributed by atoms with Gasteiger partial charge in [0, 0.05) is 28.0 Å². The number of halogens is 1. The molecule has 2 N–H and O–H groups in total. The molecule has 0 amide bonds. The van der Waals surface area contributed by atoms with Gasteiger partial charge in [-0.25, -0.2) is 0 Å². The summed E-state index contributed by atoms with van der Waals surface area (Å²) in [6.07, 6.45) is 2.37. The number of aldehydes is 1. The molecule has 0 atom stereocenters. The number of nitrogens with two attached hydrogens (primary N) is 1. The second-order valence-corrected chi connectivity index (χ2v) is 3.73. The van der Waals surface area contributed by atoms with Crippen LogP contribution in [-0.4, -0.2) is 11.3 Å². The third-order valence-electron chi connectivity index (χ3n) is 2.24. The number of benzene rings is 1. The molecule has 0 aliphatic carbocycles. The highest BCUT2D eigenvalue weighted by atomic mass is 35.5. The Balaban J connectivity index is 2.66. The monoisotopic (exact) mass is 232 g/mol. The molecule has 0 saturated carbocycles. The van der Waals surface area contributed by atoms with Gasteiger partial charge in [0.2, 0.25) is 0 Å². The fourth-order valence-electron chi connectivity index (χ4n) is 1.47. The largest absolute Gasteiger partial charge is 0.398 e. The molecule has 4 heteroatoms. The molecular formula is C12H9ClN2O. The van der Waals surface area contributed by atoms with E-state index in [1.54, 1.807) is 36.5 Å². The van der Waals surface area contributed by atoms with Crippen LogP contribution in [0.15, 0.2) is 36.5 Å². The van der Waals surface area contributed by atoms with Crippen molar-refractivity contribution in [2.24, 2.45) is 0 Å². The van der Waals surface area contributed by atoms with E-state index in [2.05, 4.69) is 4.98 Å². The number of rotatable bonds is 2. The maximum absolute atomic E-state index is 10.9. The van der Waals surface area contributed by atoms with Crippen LogP contribution in [0.25, 0.3) is 11.3 Å². The molecule has 1 heterocycles. The van der Waals surface area contributed by atoms with Crippen LogP contribution in [0, 0.1) is 0 Å². The zero-order valence-corrected chi connectivity index (χ0v) is 9.11. The lowest BCUT2D eigenvalue weighted by atomic mass is 10.1. The lowest BCUT2D eigenvalue weighted by molar-refractivity contribution is 0.112. The molecule has 0 unspecified atom stereocenters. The van der Waals surface area contributed by atoms with E-state index in [0.29, 0.717) is 27.5 Å². The summed E-state index contributed by atoms with van der Waals surface area (Å²) in [4.78, 5) is 15.0. The Morgan fingerprint density at radius 1 is 1.31 bits per heavy atom. The van der Waals surface area contributed by atoms with Gasteiger partial charge in [-0.05, 0) is 30.3 Å². The lowest BCUT2D eigenvalue weighted by Gasteiger charge is -2.07. The maximum Gasteiger partial charge on any atom is 0.152 e. The van der Waals surface area contributed by atoms with Gasteiger partial charge in [-0.2, -0.15) is 0 Å². The molecule has 0 bridgehead atoms. The number of pyridine rings is 1. The summed E-state index contributed by atoms with van der Waals surface area (Å²) >= 11 is 5.89. The highest BCUT2D eigenvalue weighted by molar-refractivity contribution is 6.31. The number of hydrogen-bond acceptors (Lipinski definition) is 3. The normalized spacial score (nSPS) is 10.1. The van der Waals surface area contributed by atoms with E-state index in [-0.39, 0.29) is 0 Å². The van der Waals surface area contributed by atoms with Crippen molar-refractivity contribution in [1.82, 2.24) is 4.98 Å². The standard InChI is InChI=1S/C12H9ClN2O/c13-9-3-4-11(14)10(6-9)12-8(7-16)2-1-5-15-12/h1-7H,14H2. The smallest absolute Gasteiger partial charge is 0.152 e. The molecule has 1 aromatic carbocycles. The Morgan fingerprint density at radius 3 is 2.88 bits per heavy atom. The first-order chi connectivity index (χ1) is 7.72. The SMILES string of the molecule is Nc1ccc(Cl)cc1-c1ncccc1C=O. The highest BCUT2D eigenvalue weighted by Crippen LogP contribution is 2.28. The van der Waals surface area contributed by atoms with Crippen molar-refractivity contribution in [3.63, 3.8) is 0 Å². The van der Waals surface area contributed by atoms with Crippen LogP contribution < -0.4 is 5.73 Å². The third kappa shape index (κ3) is 1.90. The highest BCUT2D eigenvalue weighted by Gasteiger charge is 2.09. The van der Waals surface area contributed by atoms with Gasteiger partial charge in [-0.3, -0.25) is 9.78 Å². The number of aromatic nitrogens is 1. The van der Waals surface area contributed by atoms with Crippen molar-refractivity contribution in [2.75, 3.05) is 5.73 Å². The van der Waals surface area contributed by atoms with E-state index in [1.807, 2.05) is 0 Å². The predicted molar refractivity (Wildman–Crippen MR) is 64.5 cm³/mol. The summed E-state index contributed by atoms with van der Waals surface area (Å²) in [5, 5.41) is 0.562. The quantitative estimate of drug-likeness (QED) is 0.640. The summed E-state index contributed by atoms with van der Waals surface area (Å²) in [6, 6.07) is 8.49.